The molecule has 118 valence electrons. The first kappa shape index (κ1) is 18.1. The average molecular weight is 354 g/mol. The molecule has 1 aromatic rings. The minimum atomic E-state index is 0. The third-order valence-electron chi connectivity index (χ3n) is 3.95. The molecule has 0 saturated carbocycles. The molecule has 2 rings (SSSR count). The van der Waals surface area contributed by atoms with Crippen molar-refractivity contribution in [2.24, 2.45) is 5.73 Å². The molecule has 0 radical (unpaired) electrons. The second-order valence-electron chi connectivity index (χ2n) is 5.87. The lowest BCUT2D eigenvalue weighted by molar-refractivity contribution is 0.256. The van der Waals surface area contributed by atoms with E-state index in [1.54, 1.807) is 0 Å². The zero-order valence-electron chi connectivity index (χ0n) is 13.4. The molecule has 0 bridgehead atoms. The molecule has 1 heterocycles. The fourth-order valence-corrected chi connectivity index (χ4v) is 2.89. The summed E-state index contributed by atoms with van der Waals surface area (Å²) in [6.45, 7) is 10.5. The van der Waals surface area contributed by atoms with Crippen LogP contribution >= 0.6 is 17.0 Å². The van der Waals surface area contributed by atoms with E-state index in [0.717, 1.165) is 32.7 Å². The second-order valence-corrected chi connectivity index (χ2v) is 5.87. The largest absolute Gasteiger partial charge is 0.359 e. The van der Waals surface area contributed by atoms with E-state index < -0.39 is 0 Å². The van der Waals surface area contributed by atoms with E-state index in [4.69, 9.17) is 5.73 Å². The third kappa shape index (κ3) is 5.04. The lowest BCUT2D eigenvalue weighted by Gasteiger charge is -2.23. The van der Waals surface area contributed by atoms with E-state index >= 15 is 0 Å². The van der Waals surface area contributed by atoms with Crippen LogP contribution in [-0.2, 0) is 6.54 Å². The maximum absolute atomic E-state index is 5.54. The van der Waals surface area contributed by atoms with Gasteiger partial charge in [0, 0.05) is 25.5 Å². The minimum absolute atomic E-state index is 0. The molecule has 4 heteroatoms. The van der Waals surface area contributed by atoms with Crippen LogP contribution in [0.5, 0.6) is 0 Å². The zero-order valence-corrected chi connectivity index (χ0v) is 15.1. The lowest BCUT2D eigenvalue weighted by atomic mass is 9.99. The van der Waals surface area contributed by atoms with E-state index in [1.165, 1.54) is 28.7 Å². The number of nitrogens with two attached hydrogens (primary N) is 1. The van der Waals surface area contributed by atoms with Gasteiger partial charge in [-0.15, -0.1) is 17.0 Å². The number of aryl methyl sites for hydroxylation is 3. The van der Waals surface area contributed by atoms with Crippen LogP contribution in [0, 0.1) is 20.8 Å². The molecule has 21 heavy (non-hydrogen) atoms. The maximum atomic E-state index is 5.54. The summed E-state index contributed by atoms with van der Waals surface area (Å²) in [4.78, 5) is 4.75. The molecule has 0 spiro atoms. The van der Waals surface area contributed by atoms with E-state index in [-0.39, 0.29) is 17.0 Å². The molecular weight excluding hydrogens is 326 g/mol. The number of hydrogen-bond acceptors (Lipinski definition) is 3. The highest BCUT2D eigenvalue weighted by atomic mass is 79.9. The van der Waals surface area contributed by atoms with Gasteiger partial charge in [-0.25, -0.2) is 0 Å². The van der Waals surface area contributed by atoms with Gasteiger partial charge < -0.3 is 15.5 Å². The number of hydrogen-bond donors (Lipinski definition) is 1. The third-order valence-corrected chi connectivity index (χ3v) is 3.95. The summed E-state index contributed by atoms with van der Waals surface area (Å²) in [7, 11) is 0. The molecule has 0 atom stereocenters. The van der Waals surface area contributed by atoms with Gasteiger partial charge in [0.1, 0.15) is 0 Å². The molecule has 3 nitrogen and oxygen atoms in total. The molecule has 1 aromatic carbocycles. The monoisotopic (exact) mass is 353 g/mol. The van der Waals surface area contributed by atoms with Crippen molar-refractivity contribution in [1.29, 1.82) is 0 Å². The Morgan fingerprint density at radius 2 is 1.62 bits per heavy atom. The molecule has 0 aliphatic carbocycles. The van der Waals surface area contributed by atoms with Crippen molar-refractivity contribution in [1.82, 2.24) is 9.80 Å². The van der Waals surface area contributed by atoms with Crippen LogP contribution < -0.4 is 5.73 Å². The van der Waals surface area contributed by atoms with Gasteiger partial charge in [-0.05, 0) is 56.8 Å². The fourth-order valence-electron chi connectivity index (χ4n) is 2.89. The molecule has 0 fully saturated rings. The maximum Gasteiger partial charge on any atom is 0.0897 e. The van der Waals surface area contributed by atoms with E-state index in [1.807, 2.05) is 0 Å². The van der Waals surface area contributed by atoms with Gasteiger partial charge in [-0.1, -0.05) is 17.7 Å². The van der Waals surface area contributed by atoms with Gasteiger partial charge in [-0.3, -0.25) is 0 Å². The highest BCUT2D eigenvalue weighted by Gasteiger charge is 2.14. The van der Waals surface area contributed by atoms with Gasteiger partial charge in [-0.2, -0.15) is 0 Å². The predicted molar refractivity (Wildman–Crippen MR) is 95.5 cm³/mol. The Bertz CT molecular complexity index is 462. The Kier molecular flexibility index (Phi) is 7.26. The van der Waals surface area contributed by atoms with Crippen LogP contribution in [0.2, 0.25) is 0 Å². The summed E-state index contributed by atoms with van der Waals surface area (Å²) in [5.74, 6) is 0. The summed E-state index contributed by atoms with van der Waals surface area (Å²) in [6, 6.07) is 4.56. The summed E-state index contributed by atoms with van der Waals surface area (Å²) >= 11 is 0. The van der Waals surface area contributed by atoms with Gasteiger partial charge in [0.2, 0.25) is 0 Å². The molecule has 1 aliphatic heterocycles. The van der Waals surface area contributed by atoms with Crippen LogP contribution in [0.25, 0.3) is 0 Å². The van der Waals surface area contributed by atoms with Gasteiger partial charge in [0.05, 0.1) is 6.67 Å². The first-order chi connectivity index (χ1) is 9.60. The van der Waals surface area contributed by atoms with Crippen LogP contribution in [0.1, 0.15) is 35.1 Å². The summed E-state index contributed by atoms with van der Waals surface area (Å²) < 4.78 is 0. The number of unbranched alkanes of at least 4 members (excludes halogenated alkanes) is 1. The molecular formula is C17H28BrN3. The van der Waals surface area contributed by atoms with Crippen LogP contribution in [0.4, 0.5) is 0 Å². The summed E-state index contributed by atoms with van der Waals surface area (Å²) in [5, 5.41) is 0. The van der Waals surface area contributed by atoms with Crippen molar-refractivity contribution in [3.8, 4) is 0 Å². The van der Waals surface area contributed by atoms with Gasteiger partial charge in [0.15, 0.2) is 0 Å². The Hall–Kier alpha value is -1.00. The Morgan fingerprint density at radius 1 is 1.00 bits per heavy atom. The molecule has 0 unspecified atom stereocenters. The highest BCUT2D eigenvalue weighted by molar-refractivity contribution is 8.93. The van der Waals surface area contributed by atoms with Crippen molar-refractivity contribution >= 4 is 17.0 Å². The van der Waals surface area contributed by atoms with E-state index in [9.17, 15) is 0 Å². The first-order valence-corrected chi connectivity index (χ1v) is 7.53. The van der Waals surface area contributed by atoms with Crippen molar-refractivity contribution in [2.75, 3.05) is 19.8 Å². The fraction of sp³-hybridized carbons (Fsp3) is 0.529. The van der Waals surface area contributed by atoms with Crippen LogP contribution in [-0.4, -0.2) is 29.6 Å². The summed E-state index contributed by atoms with van der Waals surface area (Å²) in [5.41, 5.74) is 11.2. The quantitative estimate of drug-likeness (QED) is 0.794. The van der Waals surface area contributed by atoms with Crippen molar-refractivity contribution < 1.29 is 0 Å². The normalized spacial score (nSPS) is 13.7. The first-order valence-electron chi connectivity index (χ1n) is 7.53. The molecule has 1 aliphatic rings. The zero-order chi connectivity index (χ0) is 14.5. The SMILES string of the molecule is Br.Cc1cc(C)c(CN2C=CN(CCCCN)C2)c(C)c1. The van der Waals surface area contributed by atoms with Crippen molar-refractivity contribution in [3.63, 3.8) is 0 Å². The average Bonchev–Trinajstić information content (AvgIpc) is 2.82. The molecule has 2 N–H and O–H groups in total. The Labute approximate surface area is 139 Å². The van der Waals surface area contributed by atoms with Crippen molar-refractivity contribution in [2.45, 2.75) is 40.2 Å². The lowest BCUT2D eigenvalue weighted by Crippen LogP contribution is -2.26. The minimum Gasteiger partial charge on any atom is -0.359 e. The molecule has 0 aromatic heterocycles. The predicted octanol–water partition coefficient (Wildman–Crippen LogP) is 3.47. The molecule has 0 saturated heterocycles. The Balaban J connectivity index is 0.00000220. The van der Waals surface area contributed by atoms with Gasteiger partial charge in [0.25, 0.3) is 0 Å². The second kappa shape index (κ2) is 8.44. The highest BCUT2D eigenvalue weighted by Crippen LogP contribution is 2.20. The summed E-state index contributed by atoms with van der Waals surface area (Å²) in [6.07, 6.45) is 6.70. The topological polar surface area (TPSA) is 32.5 Å². The van der Waals surface area contributed by atoms with E-state index in [2.05, 4.69) is 55.1 Å². The smallest absolute Gasteiger partial charge is 0.0897 e. The number of halogens is 1. The number of nitrogens with zero attached hydrogens (tertiary/aromatic N) is 2. The van der Waals surface area contributed by atoms with Crippen LogP contribution in [0.15, 0.2) is 24.5 Å². The number of rotatable bonds is 6. The van der Waals surface area contributed by atoms with Gasteiger partial charge >= 0.3 is 0 Å². The Morgan fingerprint density at radius 3 is 2.24 bits per heavy atom. The van der Waals surface area contributed by atoms with Crippen molar-refractivity contribution in [3.05, 3.63) is 46.8 Å². The van der Waals surface area contributed by atoms with E-state index in [0.29, 0.717) is 0 Å². The number of benzene rings is 1. The molecule has 0 amide bonds. The standard InChI is InChI=1S/C17H27N3.BrH/c1-14-10-15(2)17(16(3)11-14)12-20-9-8-19(13-20)7-5-4-6-18;/h8-11H,4-7,12-13,18H2,1-3H3;1H. The van der Waals surface area contributed by atoms with Crippen LogP contribution in [0.3, 0.4) is 0 Å².